The van der Waals surface area contributed by atoms with Gasteiger partial charge < -0.3 is 5.32 Å². The van der Waals surface area contributed by atoms with Crippen molar-refractivity contribution in [3.63, 3.8) is 0 Å². The van der Waals surface area contributed by atoms with Gasteiger partial charge in [0.1, 0.15) is 0 Å². The molecule has 1 nitrogen and oxygen atoms in total. The number of anilines is 1. The smallest absolute Gasteiger partial charge is 0.0659 e. The van der Waals surface area contributed by atoms with Gasteiger partial charge in [-0.15, -0.1) is 0 Å². The number of rotatable bonds is 2. The first-order valence-corrected chi connectivity index (χ1v) is 4.88. The summed E-state index contributed by atoms with van der Waals surface area (Å²) in [5.41, 5.74) is 5.03. The van der Waals surface area contributed by atoms with Crippen LogP contribution in [-0.2, 0) is 0 Å². The minimum atomic E-state index is 1.10. The van der Waals surface area contributed by atoms with Crippen LogP contribution < -0.4 is 5.32 Å². The molecule has 0 amide bonds. The normalized spacial score (nSPS) is 9.58. The summed E-state index contributed by atoms with van der Waals surface area (Å²) < 4.78 is 1.10. The number of hydrogen-bond donors (Lipinski definition) is 1. The van der Waals surface area contributed by atoms with E-state index in [9.17, 15) is 0 Å². The second kappa shape index (κ2) is 4.01. The lowest BCUT2D eigenvalue weighted by molar-refractivity contribution is 1.36. The first-order valence-electron chi connectivity index (χ1n) is 3.62. The van der Waals surface area contributed by atoms with Crippen LogP contribution in [-0.4, -0.2) is 5.49 Å². The summed E-state index contributed by atoms with van der Waals surface area (Å²) >= 11 is 8.17. The first-order chi connectivity index (χ1) is 5.65. The standard InChI is InChI=1S/C9H10BrNS/c1-6-3-8(10)4-7(2)9(6)11-5-12/h3-5H,1-2H3,(H,11,12). The summed E-state index contributed by atoms with van der Waals surface area (Å²) in [6, 6.07) is 4.13. The van der Waals surface area contributed by atoms with Gasteiger partial charge in [0.05, 0.1) is 5.49 Å². The summed E-state index contributed by atoms with van der Waals surface area (Å²) in [5, 5.41) is 3.04. The molecule has 1 N–H and O–H groups in total. The van der Waals surface area contributed by atoms with Crippen molar-refractivity contribution < 1.29 is 0 Å². The number of aryl methyl sites for hydroxylation is 2. The van der Waals surface area contributed by atoms with E-state index in [1.54, 1.807) is 0 Å². The molecule has 0 unspecified atom stereocenters. The van der Waals surface area contributed by atoms with Crippen molar-refractivity contribution in [2.75, 3.05) is 5.32 Å². The lowest BCUT2D eigenvalue weighted by atomic mass is 10.1. The summed E-state index contributed by atoms with van der Waals surface area (Å²) in [4.78, 5) is 0. The zero-order valence-electron chi connectivity index (χ0n) is 7.02. The average molecular weight is 244 g/mol. The number of hydrogen-bond acceptors (Lipinski definition) is 1. The lowest BCUT2D eigenvalue weighted by Crippen LogP contribution is -1.97. The molecule has 1 aromatic rings. The van der Waals surface area contributed by atoms with Crippen molar-refractivity contribution >= 4 is 39.3 Å². The molecule has 0 bridgehead atoms. The van der Waals surface area contributed by atoms with E-state index in [0.717, 1.165) is 10.2 Å². The molecule has 12 heavy (non-hydrogen) atoms. The topological polar surface area (TPSA) is 12.0 Å². The SMILES string of the molecule is Cc1cc(Br)cc(C)c1NC=S. The lowest BCUT2D eigenvalue weighted by Gasteiger charge is -2.08. The van der Waals surface area contributed by atoms with E-state index < -0.39 is 0 Å². The van der Waals surface area contributed by atoms with E-state index >= 15 is 0 Å². The Morgan fingerprint density at radius 1 is 1.33 bits per heavy atom. The van der Waals surface area contributed by atoms with Crippen molar-refractivity contribution in [1.82, 2.24) is 0 Å². The molecule has 0 aliphatic heterocycles. The molecule has 0 aliphatic rings. The highest BCUT2D eigenvalue weighted by molar-refractivity contribution is 9.10. The molecule has 0 aromatic heterocycles. The van der Waals surface area contributed by atoms with E-state index in [2.05, 4.69) is 47.2 Å². The Labute approximate surface area is 86.3 Å². The molecule has 0 fully saturated rings. The number of nitrogens with one attached hydrogen (secondary N) is 1. The molecular weight excluding hydrogens is 234 g/mol. The van der Waals surface area contributed by atoms with Gasteiger partial charge in [0.2, 0.25) is 0 Å². The zero-order chi connectivity index (χ0) is 9.14. The Kier molecular flexibility index (Phi) is 3.23. The monoisotopic (exact) mass is 243 g/mol. The van der Waals surface area contributed by atoms with Gasteiger partial charge in [-0.1, -0.05) is 28.1 Å². The van der Waals surface area contributed by atoms with Crippen LogP contribution in [0, 0.1) is 13.8 Å². The fraction of sp³-hybridized carbons (Fsp3) is 0.222. The van der Waals surface area contributed by atoms with Crippen molar-refractivity contribution in [3.8, 4) is 0 Å². The Bertz CT molecular complexity index is 286. The third kappa shape index (κ3) is 2.05. The number of benzene rings is 1. The summed E-state index contributed by atoms with van der Waals surface area (Å²) in [6.07, 6.45) is 0. The van der Waals surface area contributed by atoms with Crippen molar-refractivity contribution in [3.05, 3.63) is 27.7 Å². The second-order valence-electron chi connectivity index (χ2n) is 2.68. The molecule has 64 valence electrons. The molecule has 0 heterocycles. The fourth-order valence-corrected chi connectivity index (χ4v) is 2.00. The quantitative estimate of drug-likeness (QED) is 0.800. The van der Waals surface area contributed by atoms with E-state index in [0.29, 0.717) is 0 Å². The third-order valence-electron chi connectivity index (χ3n) is 1.70. The second-order valence-corrected chi connectivity index (χ2v) is 3.83. The molecule has 1 rings (SSSR count). The molecule has 0 saturated heterocycles. The Morgan fingerprint density at radius 3 is 2.25 bits per heavy atom. The molecule has 0 saturated carbocycles. The van der Waals surface area contributed by atoms with Gasteiger partial charge in [-0.3, -0.25) is 0 Å². The maximum Gasteiger partial charge on any atom is 0.0659 e. The third-order valence-corrected chi connectivity index (χ3v) is 2.28. The van der Waals surface area contributed by atoms with Crippen LogP contribution in [0.25, 0.3) is 0 Å². The van der Waals surface area contributed by atoms with Crippen LogP contribution in [0.3, 0.4) is 0 Å². The first kappa shape index (κ1) is 9.68. The highest BCUT2D eigenvalue weighted by Crippen LogP contribution is 2.24. The van der Waals surface area contributed by atoms with Crippen LogP contribution in [0.15, 0.2) is 16.6 Å². The predicted molar refractivity (Wildman–Crippen MR) is 60.9 cm³/mol. The summed E-state index contributed by atoms with van der Waals surface area (Å²) in [5.74, 6) is 0. The van der Waals surface area contributed by atoms with Gasteiger partial charge in [0, 0.05) is 10.2 Å². The molecule has 1 aromatic carbocycles. The molecule has 0 spiro atoms. The van der Waals surface area contributed by atoms with Crippen LogP contribution >= 0.6 is 28.1 Å². The predicted octanol–water partition coefficient (Wildman–Crippen LogP) is 3.44. The molecule has 0 atom stereocenters. The number of thiocarbonyl (C=S) groups is 1. The van der Waals surface area contributed by atoms with E-state index in [-0.39, 0.29) is 0 Å². The van der Waals surface area contributed by atoms with E-state index in [4.69, 9.17) is 12.2 Å². The van der Waals surface area contributed by atoms with E-state index in [1.807, 2.05) is 0 Å². The minimum absolute atomic E-state index is 1.10. The Morgan fingerprint density at radius 2 is 1.83 bits per heavy atom. The summed E-state index contributed by atoms with van der Waals surface area (Å²) in [7, 11) is 0. The summed E-state index contributed by atoms with van der Waals surface area (Å²) in [6.45, 7) is 4.11. The van der Waals surface area contributed by atoms with E-state index in [1.165, 1.54) is 16.6 Å². The number of halogens is 1. The van der Waals surface area contributed by atoms with Crippen LogP contribution in [0.5, 0.6) is 0 Å². The van der Waals surface area contributed by atoms with Crippen molar-refractivity contribution in [2.24, 2.45) is 0 Å². The van der Waals surface area contributed by atoms with Crippen LogP contribution in [0.4, 0.5) is 5.69 Å². The zero-order valence-corrected chi connectivity index (χ0v) is 9.42. The molecule has 0 radical (unpaired) electrons. The largest absolute Gasteiger partial charge is 0.352 e. The van der Waals surface area contributed by atoms with Gasteiger partial charge in [-0.05, 0) is 37.1 Å². The van der Waals surface area contributed by atoms with Crippen molar-refractivity contribution in [2.45, 2.75) is 13.8 Å². The Balaban J connectivity index is 3.18. The maximum absolute atomic E-state index is 4.74. The Hall–Kier alpha value is -0.410. The highest BCUT2D eigenvalue weighted by atomic mass is 79.9. The van der Waals surface area contributed by atoms with Gasteiger partial charge in [0.15, 0.2) is 0 Å². The molecule has 0 aliphatic carbocycles. The molecular formula is C9H10BrNS. The highest BCUT2D eigenvalue weighted by Gasteiger charge is 2.01. The van der Waals surface area contributed by atoms with Crippen LogP contribution in [0.2, 0.25) is 0 Å². The fourth-order valence-electron chi connectivity index (χ4n) is 1.20. The van der Waals surface area contributed by atoms with Gasteiger partial charge in [-0.2, -0.15) is 0 Å². The van der Waals surface area contributed by atoms with Gasteiger partial charge in [-0.25, -0.2) is 0 Å². The van der Waals surface area contributed by atoms with Gasteiger partial charge >= 0.3 is 0 Å². The van der Waals surface area contributed by atoms with Crippen molar-refractivity contribution in [1.29, 1.82) is 0 Å². The van der Waals surface area contributed by atoms with Gasteiger partial charge in [0.25, 0.3) is 0 Å². The maximum atomic E-state index is 4.74. The average Bonchev–Trinajstić information content (AvgIpc) is 1.96. The minimum Gasteiger partial charge on any atom is -0.352 e. The van der Waals surface area contributed by atoms with Crippen LogP contribution in [0.1, 0.15) is 11.1 Å². The molecule has 3 heteroatoms.